The molecule has 0 aromatic heterocycles. The third kappa shape index (κ3) is 7.03. The van der Waals surface area contributed by atoms with Crippen LogP contribution in [-0.2, 0) is 32.4 Å². The molecule has 0 saturated carbocycles. The molecule has 0 aliphatic rings. The molecule has 0 fully saturated rings. The lowest BCUT2D eigenvalue weighted by atomic mass is 10.0. The molecular weight excluding hydrogens is 366 g/mol. The number of ether oxygens (including phenoxy) is 1. The maximum absolute atomic E-state index is 12.2. The van der Waals surface area contributed by atoms with Crippen molar-refractivity contribution < 1.29 is 23.1 Å². The fraction of sp³-hybridized carbons (Fsp3) is 0.350. The van der Waals surface area contributed by atoms with E-state index in [0.29, 0.717) is 19.4 Å². The van der Waals surface area contributed by atoms with Crippen molar-refractivity contribution in [2.75, 3.05) is 13.2 Å². The third-order valence-electron chi connectivity index (χ3n) is 4.03. The van der Waals surface area contributed by atoms with Crippen LogP contribution in [-0.4, -0.2) is 32.6 Å². The monoisotopic (exact) mass is 391 g/mol. The van der Waals surface area contributed by atoms with Gasteiger partial charge in [-0.25, -0.2) is 13.1 Å². The van der Waals surface area contributed by atoms with Gasteiger partial charge >= 0.3 is 5.97 Å². The summed E-state index contributed by atoms with van der Waals surface area (Å²) in [5.41, 5.74) is 2.16. The Bertz CT molecular complexity index is 830. The topological polar surface area (TPSA) is 92.7 Å². The van der Waals surface area contributed by atoms with Gasteiger partial charge in [-0.05, 0) is 61.6 Å². The van der Waals surface area contributed by atoms with Gasteiger partial charge in [0.1, 0.15) is 5.75 Å². The van der Waals surface area contributed by atoms with E-state index in [2.05, 4.69) is 4.72 Å². The number of hydrogen-bond donors (Lipinski definition) is 2. The van der Waals surface area contributed by atoms with Crippen molar-refractivity contribution >= 4 is 16.0 Å². The molecule has 27 heavy (non-hydrogen) atoms. The van der Waals surface area contributed by atoms with Crippen LogP contribution in [0.2, 0.25) is 0 Å². The van der Waals surface area contributed by atoms with Crippen molar-refractivity contribution in [3.8, 4) is 5.75 Å². The maximum atomic E-state index is 12.2. The Balaban J connectivity index is 1.78. The van der Waals surface area contributed by atoms with E-state index in [1.54, 1.807) is 6.92 Å². The highest BCUT2D eigenvalue weighted by Crippen LogP contribution is 2.14. The van der Waals surface area contributed by atoms with E-state index >= 15 is 0 Å². The van der Waals surface area contributed by atoms with E-state index in [0.717, 1.165) is 24.0 Å². The Kier molecular flexibility index (Phi) is 7.82. The molecule has 146 valence electrons. The second-order valence-corrected chi connectivity index (χ2v) is 7.88. The van der Waals surface area contributed by atoms with Crippen molar-refractivity contribution in [1.82, 2.24) is 4.72 Å². The molecule has 2 N–H and O–H groups in total. The summed E-state index contributed by atoms with van der Waals surface area (Å²) >= 11 is 0. The number of benzene rings is 2. The first-order chi connectivity index (χ1) is 12.9. The van der Waals surface area contributed by atoms with Crippen LogP contribution in [0.3, 0.4) is 0 Å². The van der Waals surface area contributed by atoms with Gasteiger partial charge in [-0.15, -0.1) is 0 Å². The summed E-state index contributed by atoms with van der Waals surface area (Å²) in [6, 6.07) is 13.3. The molecule has 7 heteroatoms. The number of phenols is 1. The number of phenolic OH excluding ortho intramolecular Hbond substituents is 1. The number of hydrogen-bond acceptors (Lipinski definition) is 5. The standard InChI is InChI=1S/C20H25NO5S/c1-2-26-20(23)5-3-4-16-6-8-17(9-7-16)14-15-21-27(24,25)19-12-10-18(22)11-13-19/h6-13,21-22H,2-5,14-15H2,1H3. The van der Waals surface area contributed by atoms with E-state index < -0.39 is 10.0 Å². The van der Waals surface area contributed by atoms with Crippen LogP contribution in [0.1, 0.15) is 30.9 Å². The van der Waals surface area contributed by atoms with E-state index in [1.807, 2.05) is 24.3 Å². The summed E-state index contributed by atoms with van der Waals surface area (Å²) in [4.78, 5) is 11.4. The number of carbonyl (C=O) groups excluding carboxylic acids is 1. The van der Waals surface area contributed by atoms with Gasteiger partial charge in [0.05, 0.1) is 11.5 Å². The maximum Gasteiger partial charge on any atom is 0.305 e. The summed E-state index contributed by atoms with van der Waals surface area (Å²) in [6.45, 7) is 2.48. The summed E-state index contributed by atoms with van der Waals surface area (Å²) in [5, 5.41) is 9.24. The summed E-state index contributed by atoms with van der Waals surface area (Å²) < 4.78 is 31.8. The van der Waals surface area contributed by atoms with Crippen LogP contribution in [0.4, 0.5) is 0 Å². The Morgan fingerprint density at radius 2 is 1.59 bits per heavy atom. The number of rotatable bonds is 10. The second-order valence-electron chi connectivity index (χ2n) is 6.12. The second kappa shape index (κ2) is 10.1. The molecule has 2 aromatic rings. The van der Waals surface area contributed by atoms with E-state index in [-0.39, 0.29) is 23.2 Å². The lowest BCUT2D eigenvalue weighted by molar-refractivity contribution is -0.143. The molecule has 0 radical (unpaired) electrons. The molecule has 0 aliphatic carbocycles. The number of esters is 1. The molecule has 0 atom stereocenters. The van der Waals surface area contributed by atoms with Crippen LogP contribution in [0, 0.1) is 0 Å². The average Bonchev–Trinajstić information content (AvgIpc) is 2.63. The minimum absolute atomic E-state index is 0.0243. The van der Waals surface area contributed by atoms with Gasteiger partial charge in [-0.2, -0.15) is 0 Å². The zero-order chi connectivity index (χ0) is 19.7. The molecule has 0 aliphatic heterocycles. The van der Waals surface area contributed by atoms with Crippen LogP contribution >= 0.6 is 0 Å². The first kappa shape index (κ1) is 20.9. The fourth-order valence-corrected chi connectivity index (χ4v) is 3.61. The Morgan fingerprint density at radius 3 is 2.19 bits per heavy atom. The lowest BCUT2D eigenvalue weighted by Gasteiger charge is -2.08. The van der Waals surface area contributed by atoms with Crippen molar-refractivity contribution in [3.63, 3.8) is 0 Å². The van der Waals surface area contributed by atoms with Gasteiger partial charge in [-0.3, -0.25) is 4.79 Å². The smallest absolute Gasteiger partial charge is 0.305 e. The van der Waals surface area contributed by atoms with E-state index in [4.69, 9.17) is 4.74 Å². The molecule has 0 saturated heterocycles. The molecular formula is C20H25NO5S. The molecule has 0 heterocycles. The largest absolute Gasteiger partial charge is 0.508 e. The van der Waals surface area contributed by atoms with Crippen molar-refractivity contribution in [3.05, 3.63) is 59.7 Å². The van der Waals surface area contributed by atoms with E-state index in [1.165, 1.54) is 24.3 Å². The number of sulfonamides is 1. The van der Waals surface area contributed by atoms with E-state index in [9.17, 15) is 18.3 Å². The van der Waals surface area contributed by atoms with Gasteiger partial charge in [0.2, 0.25) is 10.0 Å². The number of carbonyl (C=O) groups is 1. The Hall–Kier alpha value is -2.38. The Labute approximate surface area is 160 Å². The molecule has 2 aromatic carbocycles. The normalized spacial score (nSPS) is 11.3. The summed E-state index contributed by atoms with van der Waals surface area (Å²) in [6.07, 6.45) is 2.52. The van der Waals surface area contributed by atoms with Crippen LogP contribution in [0.25, 0.3) is 0 Å². The lowest BCUT2D eigenvalue weighted by Crippen LogP contribution is -2.25. The molecule has 0 spiro atoms. The van der Waals surface area contributed by atoms with Gasteiger partial charge < -0.3 is 9.84 Å². The van der Waals surface area contributed by atoms with Gasteiger partial charge in [0.15, 0.2) is 0 Å². The first-order valence-corrected chi connectivity index (χ1v) is 10.4. The quantitative estimate of drug-likeness (QED) is 0.608. The number of aryl methyl sites for hydroxylation is 1. The van der Waals surface area contributed by atoms with Crippen molar-refractivity contribution in [1.29, 1.82) is 0 Å². The van der Waals surface area contributed by atoms with Gasteiger partial charge in [0, 0.05) is 13.0 Å². The van der Waals surface area contributed by atoms with Gasteiger partial charge in [-0.1, -0.05) is 24.3 Å². The third-order valence-corrected chi connectivity index (χ3v) is 5.50. The highest BCUT2D eigenvalue weighted by atomic mass is 32.2. The molecule has 0 bridgehead atoms. The Morgan fingerprint density at radius 1 is 1.00 bits per heavy atom. The minimum atomic E-state index is -3.59. The highest BCUT2D eigenvalue weighted by molar-refractivity contribution is 7.89. The molecule has 6 nitrogen and oxygen atoms in total. The first-order valence-electron chi connectivity index (χ1n) is 8.93. The summed E-state index contributed by atoms with van der Waals surface area (Å²) in [5.74, 6) is -0.147. The van der Waals surface area contributed by atoms with Crippen LogP contribution in [0.5, 0.6) is 5.75 Å². The molecule has 0 amide bonds. The minimum Gasteiger partial charge on any atom is -0.508 e. The zero-order valence-electron chi connectivity index (χ0n) is 15.3. The fourth-order valence-electron chi connectivity index (χ4n) is 2.58. The average molecular weight is 391 g/mol. The van der Waals surface area contributed by atoms with Crippen LogP contribution < -0.4 is 4.72 Å². The predicted octanol–water partition coefficient (Wildman–Crippen LogP) is 2.80. The molecule has 2 rings (SSSR count). The van der Waals surface area contributed by atoms with Crippen molar-refractivity contribution in [2.45, 2.75) is 37.5 Å². The zero-order valence-corrected chi connectivity index (χ0v) is 16.2. The van der Waals surface area contributed by atoms with Gasteiger partial charge in [0.25, 0.3) is 0 Å². The van der Waals surface area contributed by atoms with Crippen LogP contribution in [0.15, 0.2) is 53.4 Å². The number of nitrogens with one attached hydrogen (secondary N) is 1. The number of aromatic hydroxyl groups is 1. The predicted molar refractivity (Wildman–Crippen MR) is 103 cm³/mol. The highest BCUT2D eigenvalue weighted by Gasteiger charge is 2.13. The SMILES string of the molecule is CCOC(=O)CCCc1ccc(CCNS(=O)(=O)c2ccc(O)cc2)cc1. The summed E-state index contributed by atoms with van der Waals surface area (Å²) in [7, 11) is -3.59. The van der Waals surface area contributed by atoms with Crippen molar-refractivity contribution in [2.24, 2.45) is 0 Å². The molecule has 0 unspecified atom stereocenters.